The summed E-state index contributed by atoms with van der Waals surface area (Å²) in [6.07, 6.45) is 0.280. The van der Waals surface area contributed by atoms with Crippen LogP contribution in [0.25, 0.3) is 0 Å². The second-order valence-electron chi connectivity index (χ2n) is 7.71. The van der Waals surface area contributed by atoms with E-state index < -0.39 is 32.2 Å². The lowest BCUT2D eigenvalue weighted by Crippen LogP contribution is -2.51. The quantitative estimate of drug-likeness (QED) is 0.483. The predicted octanol–water partition coefficient (Wildman–Crippen LogP) is 2.20. The fraction of sp³-hybridized carbons (Fsp3) is 0.429. The molecule has 2 aromatic rings. The van der Waals surface area contributed by atoms with Crippen LogP contribution in [0.5, 0.6) is 0 Å². The average Bonchev–Trinajstić information content (AvgIpc) is 2.75. The lowest BCUT2D eigenvalue weighted by molar-refractivity contribution is -0.0869. The summed E-state index contributed by atoms with van der Waals surface area (Å²) in [6, 6.07) is 12.0. The van der Waals surface area contributed by atoms with Gasteiger partial charge in [0, 0.05) is 6.54 Å². The normalized spacial score (nSPS) is 22.0. The zero-order valence-corrected chi connectivity index (χ0v) is 20.0. The van der Waals surface area contributed by atoms with E-state index in [-0.39, 0.29) is 34.1 Å². The first-order valence-electron chi connectivity index (χ1n) is 10.2. The van der Waals surface area contributed by atoms with Crippen molar-refractivity contribution in [3.63, 3.8) is 0 Å². The number of ether oxygens (including phenoxy) is 1. The van der Waals surface area contributed by atoms with Crippen LogP contribution in [0.3, 0.4) is 0 Å². The van der Waals surface area contributed by atoms with E-state index in [1.807, 2.05) is 6.92 Å². The molecule has 1 saturated heterocycles. The third-order valence-corrected chi connectivity index (χ3v) is 8.78. The molecule has 0 unspecified atom stereocenters. The third kappa shape index (κ3) is 6.28. The minimum absolute atomic E-state index is 0.0361. The van der Waals surface area contributed by atoms with E-state index in [0.29, 0.717) is 19.3 Å². The summed E-state index contributed by atoms with van der Waals surface area (Å²) in [5.41, 5.74) is 0.967. The van der Waals surface area contributed by atoms with Crippen LogP contribution in [0, 0.1) is 6.92 Å². The number of nitrogens with one attached hydrogen (secondary N) is 2. The van der Waals surface area contributed by atoms with E-state index >= 15 is 0 Å². The van der Waals surface area contributed by atoms with Crippen LogP contribution in [-0.2, 0) is 24.8 Å². The Balaban J connectivity index is 1.55. The van der Waals surface area contributed by atoms with Crippen LogP contribution in [0.2, 0.25) is 5.02 Å². The van der Waals surface area contributed by atoms with E-state index in [9.17, 15) is 21.9 Å². The van der Waals surface area contributed by atoms with Crippen molar-refractivity contribution in [1.82, 2.24) is 9.44 Å². The third-order valence-electron chi connectivity index (χ3n) is 5.32. The number of halogens is 1. The van der Waals surface area contributed by atoms with Crippen LogP contribution < -0.4 is 9.44 Å². The molecule has 0 bridgehead atoms. The molecule has 2 aromatic carbocycles. The highest BCUT2D eigenvalue weighted by Crippen LogP contribution is 2.25. The van der Waals surface area contributed by atoms with Gasteiger partial charge in [0.25, 0.3) is 0 Å². The average molecular weight is 503 g/mol. The predicted molar refractivity (Wildman–Crippen MR) is 122 cm³/mol. The van der Waals surface area contributed by atoms with Crippen molar-refractivity contribution in [3.8, 4) is 0 Å². The van der Waals surface area contributed by atoms with Crippen molar-refractivity contribution in [3.05, 3.63) is 59.1 Å². The van der Waals surface area contributed by atoms with Crippen molar-refractivity contribution in [2.45, 2.75) is 54.2 Å². The maximum atomic E-state index is 12.7. The number of aliphatic hydroxyl groups is 1. The van der Waals surface area contributed by atoms with Gasteiger partial charge in [-0.15, -0.1) is 0 Å². The van der Waals surface area contributed by atoms with E-state index in [1.54, 1.807) is 36.4 Å². The molecule has 0 radical (unpaired) electrons. The number of rotatable bonds is 9. The van der Waals surface area contributed by atoms with Gasteiger partial charge in [-0.05, 0) is 50.5 Å². The number of aryl methyl sites for hydroxylation is 1. The number of hydrogen-bond acceptors (Lipinski definition) is 6. The molecule has 0 aromatic heterocycles. The molecular formula is C21H27ClN2O6S2. The Kier molecular flexibility index (Phi) is 8.31. The van der Waals surface area contributed by atoms with Gasteiger partial charge >= 0.3 is 0 Å². The summed E-state index contributed by atoms with van der Waals surface area (Å²) in [7, 11) is -7.51. The molecule has 0 spiro atoms. The topological polar surface area (TPSA) is 122 Å². The zero-order chi connectivity index (χ0) is 23.4. The van der Waals surface area contributed by atoms with Crippen LogP contribution >= 0.6 is 11.6 Å². The Morgan fingerprint density at radius 2 is 1.72 bits per heavy atom. The maximum Gasteiger partial charge on any atom is 0.242 e. The summed E-state index contributed by atoms with van der Waals surface area (Å²) in [6.45, 7) is 1.67. The maximum absolute atomic E-state index is 12.7. The first kappa shape index (κ1) is 25.1. The fourth-order valence-electron chi connectivity index (χ4n) is 3.56. The van der Waals surface area contributed by atoms with Gasteiger partial charge in [-0.25, -0.2) is 26.3 Å². The lowest BCUT2D eigenvalue weighted by Gasteiger charge is -2.36. The summed E-state index contributed by atoms with van der Waals surface area (Å²) in [4.78, 5) is 0.154. The SMILES string of the molecule is Cc1ccc(S(=O)(=O)NCC[C@@H]2CC[C@@H](NS(=O)(=O)c3ccccc3Cl)[C@H](CO)O2)cc1. The Hall–Kier alpha value is -1.53. The number of aliphatic hydroxyl groups excluding tert-OH is 1. The van der Waals surface area contributed by atoms with E-state index in [0.717, 1.165) is 5.56 Å². The Morgan fingerprint density at radius 3 is 2.38 bits per heavy atom. The van der Waals surface area contributed by atoms with Gasteiger partial charge in [-0.2, -0.15) is 0 Å². The molecule has 3 rings (SSSR count). The van der Waals surface area contributed by atoms with Crippen LogP contribution in [0.15, 0.2) is 58.3 Å². The van der Waals surface area contributed by atoms with Gasteiger partial charge in [-0.3, -0.25) is 0 Å². The van der Waals surface area contributed by atoms with Crippen molar-refractivity contribution in [1.29, 1.82) is 0 Å². The van der Waals surface area contributed by atoms with E-state index in [4.69, 9.17) is 16.3 Å². The van der Waals surface area contributed by atoms with E-state index in [1.165, 1.54) is 12.1 Å². The van der Waals surface area contributed by atoms with Crippen molar-refractivity contribution in [2.24, 2.45) is 0 Å². The second-order valence-corrected chi connectivity index (χ2v) is 11.6. The highest BCUT2D eigenvalue weighted by atomic mass is 35.5. The summed E-state index contributed by atoms with van der Waals surface area (Å²) in [5, 5.41) is 9.84. The van der Waals surface area contributed by atoms with Gasteiger partial charge < -0.3 is 9.84 Å². The molecule has 1 aliphatic rings. The number of sulfonamides is 2. The summed E-state index contributed by atoms with van der Waals surface area (Å²) >= 11 is 6.01. The molecule has 176 valence electrons. The lowest BCUT2D eigenvalue weighted by atomic mass is 9.98. The first-order chi connectivity index (χ1) is 15.1. The van der Waals surface area contributed by atoms with Gasteiger partial charge in [0.1, 0.15) is 4.90 Å². The van der Waals surface area contributed by atoms with E-state index in [2.05, 4.69) is 9.44 Å². The molecule has 0 saturated carbocycles. The second kappa shape index (κ2) is 10.6. The molecule has 11 heteroatoms. The molecular weight excluding hydrogens is 476 g/mol. The highest BCUT2D eigenvalue weighted by Gasteiger charge is 2.34. The molecule has 0 aliphatic carbocycles. The Labute approximate surface area is 194 Å². The minimum Gasteiger partial charge on any atom is -0.394 e. The van der Waals surface area contributed by atoms with Gasteiger partial charge in [0.15, 0.2) is 0 Å². The molecule has 8 nitrogen and oxygen atoms in total. The monoisotopic (exact) mass is 502 g/mol. The molecule has 1 fully saturated rings. The smallest absolute Gasteiger partial charge is 0.242 e. The standard InChI is InChI=1S/C21H27ClN2O6S2/c1-15-6-9-17(10-7-15)31(26,27)23-13-12-16-8-11-19(20(14-25)30-16)24-32(28,29)21-5-3-2-4-18(21)22/h2-7,9-10,16,19-20,23-25H,8,11-14H2,1H3/t16-,19+,20-/m0/s1. The fourth-order valence-corrected chi connectivity index (χ4v) is 6.43. The van der Waals surface area contributed by atoms with Crippen molar-refractivity contribution in [2.75, 3.05) is 13.2 Å². The van der Waals surface area contributed by atoms with Gasteiger partial charge in [-0.1, -0.05) is 41.4 Å². The molecule has 3 N–H and O–H groups in total. The van der Waals surface area contributed by atoms with Gasteiger partial charge in [0.2, 0.25) is 20.0 Å². The molecule has 0 amide bonds. The zero-order valence-electron chi connectivity index (χ0n) is 17.6. The van der Waals surface area contributed by atoms with Crippen LogP contribution in [0.4, 0.5) is 0 Å². The Bertz CT molecular complexity index is 1120. The van der Waals surface area contributed by atoms with Crippen LogP contribution in [0.1, 0.15) is 24.8 Å². The highest BCUT2D eigenvalue weighted by molar-refractivity contribution is 7.89. The van der Waals surface area contributed by atoms with Crippen molar-refractivity contribution < 1.29 is 26.7 Å². The summed E-state index contributed by atoms with van der Waals surface area (Å²) in [5.74, 6) is 0. The molecule has 1 heterocycles. The summed E-state index contributed by atoms with van der Waals surface area (Å²) < 4.78 is 61.2. The molecule has 1 aliphatic heterocycles. The minimum atomic E-state index is -3.89. The molecule has 32 heavy (non-hydrogen) atoms. The first-order valence-corrected chi connectivity index (χ1v) is 13.6. The largest absolute Gasteiger partial charge is 0.394 e. The number of hydrogen-bond donors (Lipinski definition) is 3. The Morgan fingerprint density at radius 1 is 1.03 bits per heavy atom. The van der Waals surface area contributed by atoms with Crippen molar-refractivity contribution >= 4 is 31.6 Å². The number of benzene rings is 2. The van der Waals surface area contributed by atoms with Crippen LogP contribution in [-0.4, -0.2) is 53.3 Å². The van der Waals surface area contributed by atoms with Gasteiger partial charge in [0.05, 0.1) is 34.8 Å². The molecule has 3 atom stereocenters.